The number of anilines is 1. The van der Waals surface area contributed by atoms with E-state index in [1.54, 1.807) is 0 Å². The van der Waals surface area contributed by atoms with Gasteiger partial charge in [-0.3, -0.25) is 4.79 Å². The molecule has 0 saturated carbocycles. The Balaban J connectivity index is 1.85. The van der Waals surface area contributed by atoms with Gasteiger partial charge in [-0.15, -0.1) is 0 Å². The molecule has 1 amide bonds. The monoisotopic (exact) mass is 310 g/mol. The average molecular weight is 310 g/mol. The molecule has 1 N–H and O–H groups in total. The van der Waals surface area contributed by atoms with Crippen LogP contribution in [-0.2, 0) is 17.6 Å². The van der Waals surface area contributed by atoms with Crippen molar-refractivity contribution in [2.75, 3.05) is 5.32 Å². The van der Waals surface area contributed by atoms with Gasteiger partial charge in [-0.1, -0.05) is 29.5 Å². The molecule has 0 saturated heterocycles. The van der Waals surface area contributed by atoms with Crippen LogP contribution in [0.4, 0.5) is 5.13 Å². The Morgan fingerprint density at radius 3 is 2.86 bits per heavy atom. The van der Waals surface area contributed by atoms with Crippen LogP contribution in [0.25, 0.3) is 16.3 Å². The molecule has 0 aliphatic heterocycles. The van der Waals surface area contributed by atoms with Gasteiger partial charge in [0.2, 0.25) is 5.91 Å². The number of nitrogens with zero attached hydrogens (tertiary/aromatic N) is 3. The van der Waals surface area contributed by atoms with E-state index in [1.165, 1.54) is 23.8 Å². The molecule has 1 aliphatic rings. The van der Waals surface area contributed by atoms with Crippen molar-refractivity contribution in [3.05, 3.63) is 47.8 Å². The molecular formula is C16H14N4OS. The maximum atomic E-state index is 11.2. The molecule has 0 unspecified atom stereocenters. The minimum atomic E-state index is -0.0945. The van der Waals surface area contributed by atoms with Crippen molar-refractivity contribution in [3.8, 4) is 16.3 Å². The van der Waals surface area contributed by atoms with Gasteiger partial charge < -0.3 is 5.32 Å². The van der Waals surface area contributed by atoms with Crippen molar-refractivity contribution in [2.24, 2.45) is 0 Å². The first-order valence-corrected chi connectivity index (χ1v) is 7.94. The summed E-state index contributed by atoms with van der Waals surface area (Å²) in [5.74, 6) is -0.0945. The van der Waals surface area contributed by atoms with Gasteiger partial charge in [0.15, 0.2) is 5.13 Å². The number of hydrogen-bond acceptors (Lipinski definition) is 4. The third-order valence-electron chi connectivity index (χ3n) is 3.67. The van der Waals surface area contributed by atoms with E-state index < -0.39 is 0 Å². The summed E-state index contributed by atoms with van der Waals surface area (Å²) in [6.07, 6.45) is 3.75. The van der Waals surface area contributed by atoms with Gasteiger partial charge in [-0.2, -0.15) is 5.10 Å². The molecule has 0 atom stereocenters. The summed E-state index contributed by atoms with van der Waals surface area (Å²) in [5.41, 5.74) is 4.40. The summed E-state index contributed by atoms with van der Waals surface area (Å²) >= 11 is 1.52. The minimum absolute atomic E-state index is 0.0945. The lowest BCUT2D eigenvalue weighted by molar-refractivity contribution is -0.114. The van der Waals surface area contributed by atoms with Crippen LogP contribution in [0.3, 0.4) is 0 Å². The number of carbonyl (C=O) groups excluding carboxylic acids is 1. The Hall–Kier alpha value is -2.47. The average Bonchev–Trinajstić information content (AvgIpc) is 3.09. The molecule has 110 valence electrons. The van der Waals surface area contributed by atoms with Crippen LogP contribution in [0.5, 0.6) is 0 Å². The Labute approximate surface area is 131 Å². The van der Waals surface area contributed by atoms with E-state index in [4.69, 9.17) is 0 Å². The number of benzene rings is 1. The summed E-state index contributed by atoms with van der Waals surface area (Å²) in [4.78, 5) is 16.9. The van der Waals surface area contributed by atoms with Gasteiger partial charge >= 0.3 is 0 Å². The first kappa shape index (κ1) is 13.2. The zero-order chi connectivity index (χ0) is 15.1. The first-order chi connectivity index (χ1) is 10.7. The molecule has 3 aromatic rings. The molecule has 0 radical (unpaired) electrons. The fourth-order valence-electron chi connectivity index (χ4n) is 2.74. The van der Waals surface area contributed by atoms with E-state index in [9.17, 15) is 4.79 Å². The highest BCUT2D eigenvalue weighted by Crippen LogP contribution is 2.40. The molecule has 5 nitrogen and oxygen atoms in total. The lowest BCUT2D eigenvalue weighted by atomic mass is 10.0. The number of fused-ring (bicyclic) bond motifs is 3. The predicted molar refractivity (Wildman–Crippen MR) is 86.4 cm³/mol. The number of rotatable bonds is 2. The fourth-order valence-corrected chi connectivity index (χ4v) is 3.86. The quantitative estimate of drug-likeness (QED) is 0.791. The third-order valence-corrected chi connectivity index (χ3v) is 4.69. The number of thiazole rings is 1. The van der Waals surface area contributed by atoms with E-state index in [0.29, 0.717) is 5.13 Å². The van der Waals surface area contributed by atoms with Crippen LogP contribution < -0.4 is 5.32 Å². The molecule has 0 fully saturated rings. The summed E-state index contributed by atoms with van der Waals surface area (Å²) in [6.45, 7) is 1.50. The smallest absolute Gasteiger partial charge is 0.223 e. The minimum Gasteiger partial charge on any atom is -0.302 e. The van der Waals surface area contributed by atoms with Crippen molar-refractivity contribution in [1.82, 2.24) is 14.8 Å². The zero-order valence-corrected chi connectivity index (χ0v) is 12.9. The SMILES string of the molecule is CC(=O)Nc1nc2c(s1)-c1c(cnn1-c1ccccc1)CC2. The summed E-state index contributed by atoms with van der Waals surface area (Å²) < 4.78 is 1.96. The number of aryl methyl sites for hydroxylation is 2. The number of hydrogen-bond donors (Lipinski definition) is 1. The van der Waals surface area contributed by atoms with Crippen LogP contribution in [0.2, 0.25) is 0 Å². The van der Waals surface area contributed by atoms with Crippen LogP contribution in [0.15, 0.2) is 36.5 Å². The highest BCUT2D eigenvalue weighted by atomic mass is 32.1. The largest absolute Gasteiger partial charge is 0.302 e. The Kier molecular flexibility index (Phi) is 3.04. The van der Waals surface area contributed by atoms with Gasteiger partial charge in [-0.05, 0) is 30.5 Å². The lowest BCUT2D eigenvalue weighted by Crippen LogP contribution is -2.06. The predicted octanol–water partition coefficient (Wildman–Crippen LogP) is 3.05. The maximum Gasteiger partial charge on any atom is 0.223 e. The number of amides is 1. The second-order valence-electron chi connectivity index (χ2n) is 5.24. The zero-order valence-electron chi connectivity index (χ0n) is 12.0. The summed E-state index contributed by atoms with van der Waals surface area (Å²) in [5, 5.41) is 7.99. The van der Waals surface area contributed by atoms with Gasteiger partial charge in [0.25, 0.3) is 0 Å². The van der Waals surface area contributed by atoms with Crippen molar-refractivity contribution >= 4 is 22.4 Å². The standard InChI is InChI=1S/C16H14N4OS/c1-10(21)18-16-19-13-8-7-11-9-17-20(14(11)15(13)22-16)12-5-3-2-4-6-12/h2-6,9H,7-8H2,1H3,(H,18,19,21). The fraction of sp³-hybridized carbons (Fsp3) is 0.188. The van der Waals surface area contributed by atoms with Crippen LogP contribution in [0, 0.1) is 0 Å². The molecule has 4 rings (SSSR count). The molecule has 1 aliphatic carbocycles. The lowest BCUT2D eigenvalue weighted by Gasteiger charge is -2.13. The van der Waals surface area contributed by atoms with E-state index in [-0.39, 0.29) is 5.91 Å². The van der Waals surface area contributed by atoms with E-state index in [2.05, 4.69) is 15.4 Å². The molecule has 22 heavy (non-hydrogen) atoms. The number of para-hydroxylation sites is 1. The first-order valence-electron chi connectivity index (χ1n) is 7.12. The summed E-state index contributed by atoms with van der Waals surface area (Å²) in [6, 6.07) is 10.1. The molecule has 6 heteroatoms. The highest BCUT2D eigenvalue weighted by molar-refractivity contribution is 7.19. The van der Waals surface area contributed by atoms with Crippen molar-refractivity contribution in [3.63, 3.8) is 0 Å². The molecule has 2 heterocycles. The summed E-state index contributed by atoms with van der Waals surface area (Å²) in [7, 11) is 0. The van der Waals surface area contributed by atoms with Crippen LogP contribution >= 0.6 is 11.3 Å². The molecule has 0 bridgehead atoms. The van der Waals surface area contributed by atoms with E-state index in [1.807, 2.05) is 41.2 Å². The number of aromatic nitrogens is 3. The van der Waals surface area contributed by atoms with Crippen molar-refractivity contribution in [1.29, 1.82) is 0 Å². The van der Waals surface area contributed by atoms with Gasteiger partial charge in [0, 0.05) is 6.92 Å². The topological polar surface area (TPSA) is 59.8 Å². The third kappa shape index (κ3) is 2.12. The molecular weight excluding hydrogens is 296 g/mol. The van der Waals surface area contributed by atoms with E-state index >= 15 is 0 Å². The second kappa shape index (κ2) is 5.06. The number of nitrogens with one attached hydrogen (secondary N) is 1. The Morgan fingerprint density at radius 2 is 2.09 bits per heavy atom. The number of carbonyl (C=O) groups is 1. The Bertz CT molecular complexity index is 850. The highest BCUT2D eigenvalue weighted by Gasteiger charge is 2.25. The van der Waals surface area contributed by atoms with Gasteiger partial charge in [-0.25, -0.2) is 9.67 Å². The van der Waals surface area contributed by atoms with Gasteiger partial charge in [0.05, 0.1) is 28.1 Å². The van der Waals surface area contributed by atoms with Crippen LogP contribution in [-0.4, -0.2) is 20.7 Å². The molecule has 0 spiro atoms. The van der Waals surface area contributed by atoms with E-state index in [0.717, 1.165) is 34.8 Å². The molecule has 1 aromatic carbocycles. The Morgan fingerprint density at radius 1 is 1.27 bits per heavy atom. The second-order valence-corrected chi connectivity index (χ2v) is 6.24. The maximum absolute atomic E-state index is 11.2. The van der Waals surface area contributed by atoms with Crippen molar-refractivity contribution in [2.45, 2.75) is 19.8 Å². The van der Waals surface area contributed by atoms with Crippen LogP contribution in [0.1, 0.15) is 18.2 Å². The van der Waals surface area contributed by atoms with Gasteiger partial charge in [0.1, 0.15) is 0 Å². The normalized spacial score (nSPS) is 12.6. The molecule has 2 aromatic heterocycles. The van der Waals surface area contributed by atoms with Crippen molar-refractivity contribution < 1.29 is 4.79 Å².